The lowest BCUT2D eigenvalue weighted by atomic mass is 10.3. The highest BCUT2D eigenvalue weighted by Gasteiger charge is 2.02. The van der Waals surface area contributed by atoms with Gasteiger partial charge in [0.15, 0.2) is 0 Å². The van der Waals surface area contributed by atoms with Crippen LogP contribution in [-0.4, -0.2) is 9.55 Å². The van der Waals surface area contributed by atoms with Crippen molar-refractivity contribution < 1.29 is 0 Å². The molecule has 0 N–H and O–H groups in total. The summed E-state index contributed by atoms with van der Waals surface area (Å²) in [4.78, 5) is 4.18. The number of halogens is 2. The van der Waals surface area contributed by atoms with Crippen LogP contribution in [0.25, 0.3) is 0 Å². The molecule has 0 amide bonds. The molecular weight excluding hydrogens is 195 g/mol. The SMILES string of the molecule is CCCn1cnc(CCl)c1C.Cl. The second kappa shape index (κ2) is 5.44. The third kappa shape index (κ3) is 2.39. The Hall–Kier alpha value is -0.210. The van der Waals surface area contributed by atoms with E-state index in [1.165, 1.54) is 5.69 Å². The summed E-state index contributed by atoms with van der Waals surface area (Å²) < 4.78 is 2.14. The topological polar surface area (TPSA) is 17.8 Å². The van der Waals surface area contributed by atoms with Crippen molar-refractivity contribution in [3.63, 3.8) is 0 Å². The molecule has 0 atom stereocenters. The van der Waals surface area contributed by atoms with E-state index in [-0.39, 0.29) is 12.4 Å². The molecule has 1 aromatic heterocycles. The van der Waals surface area contributed by atoms with E-state index in [9.17, 15) is 0 Å². The van der Waals surface area contributed by atoms with E-state index in [1.54, 1.807) is 0 Å². The summed E-state index contributed by atoms with van der Waals surface area (Å²) in [6.45, 7) is 5.25. The molecule has 1 rings (SSSR count). The molecule has 0 aliphatic rings. The number of aromatic nitrogens is 2. The van der Waals surface area contributed by atoms with Gasteiger partial charge in [-0.25, -0.2) is 4.98 Å². The van der Waals surface area contributed by atoms with Crippen molar-refractivity contribution in [2.45, 2.75) is 32.7 Å². The molecule has 4 heteroatoms. The number of nitrogens with zero attached hydrogens (tertiary/aromatic N) is 2. The lowest BCUT2D eigenvalue weighted by molar-refractivity contribution is 0.661. The van der Waals surface area contributed by atoms with Crippen LogP contribution in [0.5, 0.6) is 0 Å². The smallest absolute Gasteiger partial charge is 0.0952 e. The van der Waals surface area contributed by atoms with Crippen molar-refractivity contribution >= 4 is 24.0 Å². The Bertz CT molecular complexity index is 233. The first-order valence-corrected chi connectivity index (χ1v) is 4.39. The molecule has 2 nitrogen and oxygen atoms in total. The molecule has 0 spiro atoms. The zero-order chi connectivity index (χ0) is 8.27. The van der Waals surface area contributed by atoms with Crippen molar-refractivity contribution in [3.8, 4) is 0 Å². The summed E-state index contributed by atoms with van der Waals surface area (Å²) in [6, 6.07) is 0. The molecule has 70 valence electrons. The first-order valence-electron chi connectivity index (χ1n) is 3.86. The van der Waals surface area contributed by atoms with Gasteiger partial charge in [0, 0.05) is 12.2 Å². The van der Waals surface area contributed by atoms with Crippen LogP contribution in [-0.2, 0) is 12.4 Å². The van der Waals surface area contributed by atoms with Crippen LogP contribution in [0.3, 0.4) is 0 Å². The number of aryl methyl sites for hydroxylation is 1. The predicted octanol–water partition coefficient (Wildman–Crippen LogP) is 2.76. The Morgan fingerprint density at radius 2 is 2.25 bits per heavy atom. The highest BCUT2D eigenvalue weighted by molar-refractivity contribution is 6.16. The molecule has 0 radical (unpaired) electrons. The van der Waals surface area contributed by atoms with Crippen LogP contribution in [0.2, 0.25) is 0 Å². The standard InChI is InChI=1S/C8H13ClN2.ClH/c1-3-4-11-6-10-8(5-9)7(11)2;/h6H,3-5H2,1-2H3;1H. The van der Waals surface area contributed by atoms with Gasteiger partial charge in [0.25, 0.3) is 0 Å². The molecule has 0 aliphatic carbocycles. The number of alkyl halides is 1. The molecule has 0 aromatic carbocycles. The average molecular weight is 209 g/mol. The Kier molecular flexibility index (Phi) is 5.34. The Balaban J connectivity index is 0.00000121. The van der Waals surface area contributed by atoms with E-state index in [1.807, 2.05) is 6.33 Å². The van der Waals surface area contributed by atoms with Crippen molar-refractivity contribution in [1.29, 1.82) is 0 Å². The Labute approximate surface area is 84.4 Å². The number of rotatable bonds is 3. The van der Waals surface area contributed by atoms with Crippen molar-refractivity contribution in [1.82, 2.24) is 9.55 Å². The minimum absolute atomic E-state index is 0. The quantitative estimate of drug-likeness (QED) is 0.700. The van der Waals surface area contributed by atoms with Crippen LogP contribution in [0, 0.1) is 6.92 Å². The second-order valence-corrected chi connectivity index (χ2v) is 2.87. The maximum Gasteiger partial charge on any atom is 0.0952 e. The fraction of sp³-hybridized carbons (Fsp3) is 0.625. The molecule has 0 fully saturated rings. The lowest BCUT2D eigenvalue weighted by Crippen LogP contribution is -1.97. The molecule has 1 heterocycles. The van der Waals surface area contributed by atoms with Crippen LogP contribution < -0.4 is 0 Å². The van der Waals surface area contributed by atoms with Gasteiger partial charge in [-0.3, -0.25) is 0 Å². The molecular formula is C8H14Cl2N2. The summed E-state index contributed by atoms with van der Waals surface area (Å²) in [6.07, 6.45) is 3.00. The normalized spacial score (nSPS) is 9.58. The molecule has 0 bridgehead atoms. The van der Waals surface area contributed by atoms with Gasteiger partial charge in [-0.05, 0) is 13.3 Å². The van der Waals surface area contributed by atoms with Gasteiger partial charge in [0.1, 0.15) is 0 Å². The molecule has 12 heavy (non-hydrogen) atoms. The minimum atomic E-state index is 0. The maximum absolute atomic E-state index is 5.67. The van der Waals surface area contributed by atoms with Gasteiger partial charge >= 0.3 is 0 Å². The van der Waals surface area contributed by atoms with E-state index in [0.717, 1.165) is 18.7 Å². The van der Waals surface area contributed by atoms with Crippen molar-refractivity contribution in [2.75, 3.05) is 0 Å². The molecule has 1 aromatic rings. The van der Waals surface area contributed by atoms with Gasteiger partial charge in [-0.15, -0.1) is 24.0 Å². The summed E-state index contributed by atoms with van der Waals surface area (Å²) in [5.74, 6) is 0.516. The fourth-order valence-corrected chi connectivity index (χ4v) is 1.35. The lowest BCUT2D eigenvalue weighted by Gasteiger charge is -2.01. The Morgan fingerprint density at radius 3 is 2.67 bits per heavy atom. The summed E-state index contributed by atoms with van der Waals surface area (Å²) in [5, 5.41) is 0. The van der Waals surface area contributed by atoms with Crippen LogP contribution >= 0.6 is 24.0 Å². The second-order valence-electron chi connectivity index (χ2n) is 2.60. The molecule has 0 saturated heterocycles. The van der Waals surface area contributed by atoms with Gasteiger partial charge < -0.3 is 4.57 Å². The highest BCUT2D eigenvalue weighted by Crippen LogP contribution is 2.08. The van der Waals surface area contributed by atoms with Gasteiger partial charge in [-0.1, -0.05) is 6.92 Å². The molecule has 0 aliphatic heterocycles. The molecule has 0 unspecified atom stereocenters. The highest BCUT2D eigenvalue weighted by atomic mass is 35.5. The van der Waals surface area contributed by atoms with Gasteiger partial charge in [0.05, 0.1) is 17.9 Å². The van der Waals surface area contributed by atoms with E-state index < -0.39 is 0 Å². The number of imidazole rings is 1. The van der Waals surface area contributed by atoms with E-state index in [4.69, 9.17) is 11.6 Å². The minimum Gasteiger partial charge on any atom is -0.335 e. The van der Waals surface area contributed by atoms with Gasteiger partial charge in [-0.2, -0.15) is 0 Å². The van der Waals surface area contributed by atoms with Crippen LogP contribution in [0.1, 0.15) is 24.7 Å². The van der Waals surface area contributed by atoms with Crippen LogP contribution in [0.15, 0.2) is 6.33 Å². The number of hydrogen-bond acceptors (Lipinski definition) is 1. The van der Waals surface area contributed by atoms with Crippen LogP contribution in [0.4, 0.5) is 0 Å². The fourth-order valence-electron chi connectivity index (χ4n) is 1.08. The maximum atomic E-state index is 5.67. The summed E-state index contributed by atoms with van der Waals surface area (Å²) in [5.41, 5.74) is 2.20. The zero-order valence-electron chi connectivity index (χ0n) is 7.38. The Morgan fingerprint density at radius 1 is 1.58 bits per heavy atom. The van der Waals surface area contributed by atoms with Crippen molar-refractivity contribution in [3.05, 3.63) is 17.7 Å². The average Bonchev–Trinajstić information content (AvgIpc) is 2.34. The number of hydrogen-bond donors (Lipinski definition) is 0. The molecule has 0 saturated carbocycles. The van der Waals surface area contributed by atoms with Gasteiger partial charge in [0.2, 0.25) is 0 Å². The largest absolute Gasteiger partial charge is 0.335 e. The zero-order valence-corrected chi connectivity index (χ0v) is 8.95. The van der Waals surface area contributed by atoms with E-state index >= 15 is 0 Å². The monoisotopic (exact) mass is 208 g/mol. The summed E-state index contributed by atoms with van der Waals surface area (Å²) >= 11 is 5.67. The van der Waals surface area contributed by atoms with E-state index in [2.05, 4.69) is 23.4 Å². The third-order valence-corrected chi connectivity index (χ3v) is 2.05. The third-order valence-electron chi connectivity index (χ3n) is 1.79. The van der Waals surface area contributed by atoms with Crippen molar-refractivity contribution in [2.24, 2.45) is 0 Å². The predicted molar refractivity (Wildman–Crippen MR) is 54.1 cm³/mol. The summed E-state index contributed by atoms with van der Waals surface area (Å²) in [7, 11) is 0. The first kappa shape index (κ1) is 11.8. The first-order chi connectivity index (χ1) is 5.29. The van der Waals surface area contributed by atoms with E-state index in [0.29, 0.717) is 5.88 Å².